The number of hydrogen-bond donors (Lipinski definition) is 1. The number of benzene rings is 2. The van der Waals surface area contributed by atoms with Crippen molar-refractivity contribution < 1.29 is 26.4 Å². The van der Waals surface area contributed by atoms with E-state index in [0.29, 0.717) is 5.02 Å². The first-order chi connectivity index (χ1) is 12.1. The maximum absolute atomic E-state index is 13.1. The van der Waals surface area contributed by atoms with Gasteiger partial charge in [0.15, 0.2) is 0 Å². The molecule has 1 aliphatic rings. The van der Waals surface area contributed by atoms with Crippen LogP contribution in [-0.2, 0) is 21.0 Å². The molecule has 9 heteroatoms. The molecular formula is C17H13ClF3NO3S. The lowest BCUT2D eigenvalue weighted by molar-refractivity contribution is -0.138. The largest absolute Gasteiger partial charge is 0.416 e. The number of hydrogen-bond acceptors (Lipinski definition) is 3. The SMILES string of the molecule is O=C(NS(=O)(=O)c1ccc(Cl)cc1)C1CC1c1ccccc1C(F)(F)F. The molecule has 0 saturated heterocycles. The van der Waals surface area contributed by atoms with Crippen molar-refractivity contribution in [1.82, 2.24) is 4.72 Å². The van der Waals surface area contributed by atoms with Crippen LogP contribution in [0.4, 0.5) is 13.2 Å². The molecule has 1 N–H and O–H groups in total. The van der Waals surface area contributed by atoms with Crippen molar-refractivity contribution in [1.29, 1.82) is 0 Å². The minimum absolute atomic E-state index is 0.00374. The minimum Gasteiger partial charge on any atom is -0.274 e. The molecule has 1 amide bonds. The second kappa shape index (κ2) is 6.59. The molecular weight excluding hydrogens is 391 g/mol. The summed E-state index contributed by atoms with van der Waals surface area (Å²) in [6.07, 6.45) is -4.37. The molecule has 26 heavy (non-hydrogen) atoms. The summed E-state index contributed by atoms with van der Waals surface area (Å²) in [4.78, 5) is 12.1. The van der Waals surface area contributed by atoms with E-state index in [0.717, 1.165) is 6.07 Å². The Hall–Kier alpha value is -2.06. The molecule has 4 nitrogen and oxygen atoms in total. The van der Waals surface area contributed by atoms with E-state index in [1.165, 1.54) is 42.5 Å². The average molecular weight is 404 g/mol. The van der Waals surface area contributed by atoms with Gasteiger partial charge in [0.25, 0.3) is 10.0 Å². The van der Waals surface area contributed by atoms with Crippen LogP contribution in [0.3, 0.4) is 0 Å². The van der Waals surface area contributed by atoms with Crippen molar-refractivity contribution in [3.63, 3.8) is 0 Å². The van der Waals surface area contributed by atoms with Gasteiger partial charge in [0.2, 0.25) is 5.91 Å². The lowest BCUT2D eigenvalue weighted by Gasteiger charge is -2.12. The fourth-order valence-corrected chi connectivity index (χ4v) is 3.94. The number of carbonyl (C=O) groups is 1. The Kier molecular flexibility index (Phi) is 4.74. The fraction of sp³-hybridized carbons (Fsp3) is 0.235. The molecule has 0 spiro atoms. The molecule has 2 aromatic rings. The van der Waals surface area contributed by atoms with Crippen LogP contribution in [0.15, 0.2) is 53.4 Å². The summed E-state index contributed by atoms with van der Waals surface area (Å²) in [5.74, 6) is -2.30. The van der Waals surface area contributed by atoms with E-state index in [2.05, 4.69) is 0 Å². The molecule has 1 fully saturated rings. The molecule has 0 radical (unpaired) electrons. The van der Waals surface area contributed by atoms with Crippen LogP contribution in [0.25, 0.3) is 0 Å². The van der Waals surface area contributed by atoms with Crippen molar-refractivity contribution in [2.45, 2.75) is 23.4 Å². The third kappa shape index (κ3) is 3.86. The van der Waals surface area contributed by atoms with Crippen molar-refractivity contribution in [2.24, 2.45) is 5.92 Å². The van der Waals surface area contributed by atoms with Gasteiger partial charge in [0.1, 0.15) is 0 Å². The van der Waals surface area contributed by atoms with Crippen LogP contribution in [0.5, 0.6) is 0 Å². The van der Waals surface area contributed by atoms with Crippen molar-refractivity contribution >= 4 is 27.5 Å². The molecule has 0 aliphatic heterocycles. The van der Waals surface area contributed by atoms with Crippen molar-refractivity contribution in [3.8, 4) is 0 Å². The predicted octanol–water partition coefficient (Wildman–Crippen LogP) is 3.97. The molecule has 2 aromatic carbocycles. The average Bonchev–Trinajstić information content (AvgIpc) is 3.35. The van der Waals surface area contributed by atoms with Crippen LogP contribution in [0.1, 0.15) is 23.5 Å². The summed E-state index contributed by atoms with van der Waals surface area (Å²) in [6, 6.07) is 10.2. The quantitative estimate of drug-likeness (QED) is 0.840. The van der Waals surface area contributed by atoms with E-state index in [-0.39, 0.29) is 16.9 Å². The molecule has 0 aromatic heterocycles. The first kappa shape index (κ1) is 18.7. The van der Waals surface area contributed by atoms with E-state index in [9.17, 15) is 26.4 Å². The number of halogens is 4. The van der Waals surface area contributed by atoms with Gasteiger partial charge in [0, 0.05) is 10.9 Å². The van der Waals surface area contributed by atoms with Crippen LogP contribution in [0.2, 0.25) is 5.02 Å². The van der Waals surface area contributed by atoms with E-state index >= 15 is 0 Å². The molecule has 2 atom stereocenters. The Bertz CT molecular complexity index is 942. The van der Waals surface area contributed by atoms with Gasteiger partial charge in [0.05, 0.1) is 10.5 Å². The number of carbonyl (C=O) groups excluding carboxylic acids is 1. The monoisotopic (exact) mass is 403 g/mol. The highest BCUT2D eigenvalue weighted by molar-refractivity contribution is 7.90. The zero-order chi connectivity index (χ0) is 19.1. The molecule has 1 saturated carbocycles. The molecule has 138 valence electrons. The van der Waals surface area contributed by atoms with Gasteiger partial charge >= 0.3 is 6.18 Å². The van der Waals surface area contributed by atoms with Gasteiger partial charge in [-0.2, -0.15) is 13.2 Å². The number of sulfonamides is 1. The first-order valence-corrected chi connectivity index (χ1v) is 9.44. The highest BCUT2D eigenvalue weighted by Gasteiger charge is 2.48. The zero-order valence-corrected chi connectivity index (χ0v) is 14.7. The lowest BCUT2D eigenvalue weighted by Crippen LogP contribution is -2.32. The third-order valence-corrected chi connectivity index (χ3v) is 5.77. The van der Waals surface area contributed by atoms with Gasteiger partial charge in [-0.25, -0.2) is 13.1 Å². The maximum Gasteiger partial charge on any atom is 0.416 e. The number of alkyl halides is 3. The lowest BCUT2D eigenvalue weighted by atomic mass is 10.0. The molecule has 3 rings (SSSR count). The van der Waals surface area contributed by atoms with Gasteiger partial charge in [-0.15, -0.1) is 0 Å². The smallest absolute Gasteiger partial charge is 0.274 e. The zero-order valence-electron chi connectivity index (χ0n) is 13.1. The Labute approximate surface area is 153 Å². The summed E-state index contributed by atoms with van der Waals surface area (Å²) in [5.41, 5.74) is -0.801. The Morgan fingerprint density at radius 1 is 1.08 bits per heavy atom. The highest BCUT2D eigenvalue weighted by Crippen LogP contribution is 2.51. The standard InChI is InChI=1S/C17H13ClF3NO3S/c18-10-5-7-11(8-6-10)26(24,25)22-16(23)14-9-13(14)12-3-1-2-4-15(12)17(19,20)21/h1-8,13-14H,9H2,(H,22,23). The summed E-state index contributed by atoms with van der Waals surface area (Å²) >= 11 is 5.69. The van der Waals surface area contributed by atoms with Crippen LogP contribution in [-0.4, -0.2) is 14.3 Å². The van der Waals surface area contributed by atoms with Crippen molar-refractivity contribution in [2.75, 3.05) is 0 Å². The normalized spacial score (nSPS) is 19.8. The summed E-state index contributed by atoms with van der Waals surface area (Å²) < 4.78 is 65.6. The second-order valence-electron chi connectivity index (χ2n) is 5.96. The Morgan fingerprint density at radius 3 is 2.31 bits per heavy atom. The van der Waals surface area contributed by atoms with Crippen LogP contribution in [0, 0.1) is 5.92 Å². The van der Waals surface area contributed by atoms with Crippen LogP contribution >= 0.6 is 11.6 Å². The van der Waals surface area contributed by atoms with Gasteiger partial charge < -0.3 is 0 Å². The summed E-state index contributed by atoms with van der Waals surface area (Å²) in [6.45, 7) is 0. The summed E-state index contributed by atoms with van der Waals surface area (Å²) in [5, 5.41) is 0.335. The summed E-state index contributed by atoms with van der Waals surface area (Å²) in [7, 11) is -4.11. The number of nitrogens with one attached hydrogen (secondary N) is 1. The molecule has 0 bridgehead atoms. The first-order valence-electron chi connectivity index (χ1n) is 7.58. The van der Waals surface area contributed by atoms with Gasteiger partial charge in [-0.05, 0) is 48.2 Å². The number of amides is 1. The maximum atomic E-state index is 13.1. The van der Waals surface area contributed by atoms with E-state index in [1.54, 1.807) is 0 Å². The molecule has 1 aliphatic carbocycles. The predicted molar refractivity (Wildman–Crippen MR) is 89.1 cm³/mol. The molecule has 0 heterocycles. The Balaban J connectivity index is 1.75. The third-order valence-electron chi connectivity index (χ3n) is 4.15. The van der Waals surface area contributed by atoms with E-state index < -0.39 is 39.5 Å². The highest BCUT2D eigenvalue weighted by atomic mass is 35.5. The number of rotatable bonds is 4. The van der Waals surface area contributed by atoms with E-state index in [4.69, 9.17) is 11.6 Å². The topological polar surface area (TPSA) is 63.2 Å². The van der Waals surface area contributed by atoms with Gasteiger partial charge in [-0.3, -0.25) is 4.79 Å². The van der Waals surface area contributed by atoms with Crippen LogP contribution < -0.4 is 4.72 Å². The minimum atomic E-state index is -4.53. The van der Waals surface area contributed by atoms with E-state index in [1.807, 2.05) is 4.72 Å². The van der Waals surface area contributed by atoms with Crippen molar-refractivity contribution in [3.05, 3.63) is 64.7 Å². The second-order valence-corrected chi connectivity index (χ2v) is 8.08. The Morgan fingerprint density at radius 2 is 1.69 bits per heavy atom. The van der Waals surface area contributed by atoms with Gasteiger partial charge in [-0.1, -0.05) is 29.8 Å². The molecule has 2 unspecified atom stereocenters. The fourth-order valence-electron chi connectivity index (χ4n) is 2.79.